The van der Waals surface area contributed by atoms with Gasteiger partial charge in [-0.2, -0.15) is 11.8 Å². The Labute approximate surface area is 132 Å². The van der Waals surface area contributed by atoms with Gasteiger partial charge in [0, 0.05) is 45.3 Å². The molecule has 0 spiro atoms. The Morgan fingerprint density at radius 3 is 2.52 bits per heavy atom. The highest BCUT2D eigenvalue weighted by Crippen LogP contribution is 2.29. The second kappa shape index (κ2) is 7.63. The number of piperazine rings is 1. The minimum Gasteiger partial charge on any atom is -0.329 e. The molecule has 2 saturated heterocycles. The number of nitrogens with zero attached hydrogens (tertiary/aromatic N) is 2. The molecular weight excluding hydrogens is 278 g/mol. The highest BCUT2D eigenvalue weighted by atomic mass is 32.2. The lowest BCUT2D eigenvalue weighted by Gasteiger charge is -2.41. The van der Waals surface area contributed by atoms with Crippen molar-refractivity contribution in [3.8, 4) is 0 Å². The fourth-order valence-corrected chi connectivity index (χ4v) is 4.92. The standard InChI is InChI=1S/C17H27N3S/c18-12-17(16-6-11-21-14-16)20-9-7-19(8-10-20)13-15-4-2-1-3-5-15/h1-5,16-17H,6-14,18H2. The number of hydrogen-bond donors (Lipinski definition) is 1. The van der Waals surface area contributed by atoms with Crippen molar-refractivity contribution < 1.29 is 0 Å². The molecule has 2 unspecified atom stereocenters. The normalized spacial score (nSPS) is 26.0. The Bertz CT molecular complexity index is 411. The fourth-order valence-electron chi connectivity index (χ4n) is 3.59. The molecule has 116 valence electrons. The third kappa shape index (κ3) is 4.01. The summed E-state index contributed by atoms with van der Waals surface area (Å²) in [6.45, 7) is 6.60. The van der Waals surface area contributed by atoms with Gasteiger partial charge in [0.2, 0.25) is 0 Å². The van der Waals surface area contributed by atoms with Crippen molar-refractivity contribution in [2.24, 2.45) is 11.7 Å². The first kappa shape index (κ1) is 15.3. The molecule has 0 aromatic heterocycles. The lowest BCUT2D eigenvalue weighted by molar-refractivity contribution is 0.0741. The average Bonchev–Trinajstić information content (AvgIpc) is 3.05. The van der Waals surface area contributed by atoms with Crippen LogP contribution < -0.4 is 5.73 Å². The maximum absolute atomic E-state index is 6.08. The Kier molecular flexibility index (Phi) is 5.58. The molecule has 2 aliphatic rings. The molecule has 0 bridgehead atoms. The van der Waals surface area contributed by atoms with Gasteiger partial charge >= 0.3 is 0 Å². The largest absolute Gasteiger partial charge is 0.329 e. The Morgan fingerprint density at radius 1 is 1.14 bits per heavy atom. The van der Waals surface area contributed by atoms with Crippen LogP contribution in [0.5, 0.6) is 0 Å². The van der Waals surface area contributed by atoms with Gasteiger partial charge in [-0.15, -0.1) is 0 Å². The van der Waals surface area contributed by atoms with Crippen molar-refractivity contribution in [1.29, 1.82) is 0 Å². The van der Waals surface area contributed by atoms with E-state index in [2.05, 4.69) is 51.9 Å². The van der Waals surface area contributed by atoms with Crippen molar-refractivity contribution >= 4 is 11.8 Å². The molecule has 1 aromatic rings. The van der Waals surface area contributed by atoms with Crippen LogP contribution in [0.4, 0.5) is 0 Å². The second-order valence-electron chi connectivity index (χ2n) is 6.22. The van der Waals surface area contributed by atoms with Crippen molar-refractivity contribution in [3.05, 3.63) is 35.9 Å². The summed E-state index contributed by atoms with van der Waals surface area (Å²) in [6.07, 6.45) is 1.36. The van der Waals surface area contributed by atoms with Gasteiger partial charge < -0.3 is 5.73 Å². The molecule has 2 fully saturated rings. The summed E-state index contributed by atoms with van der Waals surface area (Å²) in [5, 5.41) is 0. The van der Waals surface area contributed by atoms with Crippen LogP contribution in [0.15, 0.2) is 30.3 Å². The summed E-state index contributed by atoms with van der Waals surface area (Å²) in [5.41, 5.74) is 7.50. The molecule has 2 aliphatic heterocycles. The van der Waals surface area contributed by atoms with E-state index in [0.717, 1.165) is 19.0 Å². The SMILES string of the molecule is NCC(C1CCSC1)N1CCN(Cc2ccccc2)CC1. The highest BCUT2D eigenvalue weighted by molar-refractivity contribution is 7.99. The van der Waals surface area contributed by atoms with Crippen molar-refractivity contribution in [1.82, 2.24) is 9.80 Å². The smallest absolute Gasteiger partial charge is 0.0255 e. The molecular formula is C17H27N3S. The van der Waals surface area contributed by atoms with Gasteiger partial charge in [-0.3, -0.25) is 9.80 Å². The van der Waals surface area contributed by atoms with Gasteiger partial charge in [0.1, 0.15) is 0 Å². The van der Waals surface area contributed by atoms with Crippen LogP contribution >= 0.6 is 11.8 Å². The Hall–Kier alpha value is -0.550. The number of benzene rings is 1. The molecule has 4 heteroatoms. The lowest BCUT2D eigenvalue weighted by Crippen LogP contribution is -2.54. The maximum atomic E-state index is 6.08. The minimum atomic E-state index is 0.610. The van der Waals surface area contributed by atoms with E-state index in [-0.39, 0.29) is 0 Å². The Morgan fingerprint density at radius 2 is 1.90 bits per heavy atom. The molecule has 2 N–H and O–H groups in total. The molecule has 0 radical (unpaired) electrons. The quantitative estimate of drug-likeness (QED) is 0.900. The van der Waals surface area contributed by atoms with Crippen LogP contribution in [0.2, 0.25) is 0 Å². The van der Waals surface area contributed by atoms with Gasteiger partial charge in [0.25, 0.3) is 0 Å². The number of nitrogens with two attached hydrogens (primary N) is 1. The predicted octanol–water partition coefficient (Wildman–Crippen LogP) is 1.88. The predicted molar refractivity (Wildman–Crippen MR) is 91.6 cm³/mol. The number of thioether (sulfide) groups is 1. The van der Waals surface area contributed by atoms with Gasteiger partial charge in [0.15, 0.2) is 0 Å². The molecule has 3 rings (SSSR count). The van der Waals surface area contributed by atoms with E-state index >= 15 is 0 Å². The maximum Gasteiger partial charge on any atom is 0.0255 e. The minimum absolute atomic E-state index is 0.610. The van der Waals surface area contributed by atoms with Crippen LogP contribution in [-0.2, 0) is 6.54 Å². The molecule has 0 saturated carbocycles. The van der Waals surface area contributed by atoms with Crippen LogP contribution in [0.25, 0.3) is 0 Å². The topological polar surface area (TPSA) is 32.5 Å². The van der Waals surface area contributed by atoms with E-state index in [1.807, 2.05) is 0 Å². The lowest BCUT2D eigenvalue weighted by atomic mass is 9.97. The van der Waals surface area contributed by atoms with Gasteiger partial charge in [0.05, 0.1) is 0 Å². The first-order valence-electron chi connectivity index (χ1n) is 8.15. The zero-order chi connectivity index (χ0) is 14.5. The van der Waals surface area contributed by atoms with Crippen molar-refractivity contribution in [2.45, 2.75) is 19.0 Å². The molecule has 2 atom stereocenters. The fraction of sp³-hybridized carbons (Fsp3) is 0.647. The molecule has 0 amide bonds. The molecule has 2 heterocycles. The average molecular weight is 305 g/mol. The Balaban J connectivity index is 1.50. The van der Waals surface area contributed by atoms with E-state index in [4.69, 9.17) is 5.73 Å². The summed E-state index contributed by atoms with van der Waals surface area (Å²) in [5.74, 6) is 3.46. The third-order valence-corrected chi connectivity index (χ3v) is 6.06. The summed E-state index contributed by atoms with van der Waals surface area (Å²) in [6, 6.07) is 11.4. The van der Waals surface area contributed by atoms with Gasteiger partial charge in [-0.25, -0.2) is 0 Å². The number of rotatable bonds is 5. The summed E-state index contributed by atoms with van der Waals surface area (Å²) in [7, 11) is 0. The molecule has 0 aliphatic carbocycles. The van der Waals surface area contributed by atoms with Crippen LogP contribution in [0, 0.1) is 5.92 Å². The first-order chi connectivity index (χ1) is 10.4. The van der Waals surface area contributed by atoms with E-state index < -0.39 is 0 Å². The van der Waals surface area contributed by atoms with E-state index in [1.165, 1.54) is 49.7 Å². The van der Waals surface area contributed by atoms with Gasteiger partial charge in [-0.1, -0.05) is 30.3 Å². The molecule has 1 aromatic carbocycles. The van der Waals surface area contributed by atoms with Crippen molar-refractivity contribution in [3.63, 3.8) is 0 Å². The van der Waals surface area contributed by atoms with E-state index in [0.29, 0.717) is 6.04 Å². The zero-order valence-corrected chi connectivity index (χ0v) is 13.6. The summed E-state index contributed by atoms with van der Waals surface area (Å²) < 4.78 is 0. The highest BCUT2D eigenvalue weighted by Gasteiger charge is 2.31. The van der Waals surface area contributed by atoms with E-state index in [1.54, 1.807) is 0 Å². The van der Waals surface area contributed by atoms with Crippen LogP contribution in [0.1, 0.15) is 12.0 Å². The second-order valence-corrected chi connectivity index (χ2v) is 7.37. The van der Waals surface area contributed by atoms with Crippen LogP contribution in [-0.4, -0.2) is 60.1 Å². The first-order valence-corrected chi connectivity index (χ1v) is 9.30. The molecule has 3 nitrogen and oxygen atoms in total. The summed E-state index contributed by atoms with van der Waals surface area (Å²) >= 11 is 2.10. The third-order valence-electron chi connectivity index (χ3n) is 4.88. The van der Waals surface area contributed by atoms with Gasteiger partial charge in [-0.05, 0) is 29.4 Å². The molecule has 21 heavy (non-hydrogen) atoms. The zero-order valence-electron chi connectivity index (χ0n) is 12.8. The number of hydrogen-bond acceptors (Lipinski definition) is 4. The monoisotopic (exact) mass is 305 g/mol. The van der Waals surface area contributed by atoms with Crippen LogP contribution in [0.3, 0.4) is 0 Å². The van der Waals surface area contributed by atoms with E-state index in [9.17, 15) is 0 Å². The van der Waals surface area contributed by atoms with Crippen molar-refractivity contribution in [2.75, 3.05) is 44.2 Å². The summed E-state index contributed by atoms with van der Waals surface area (Å²) in [4.78, 5) is 5.22.